The van der Waals surface area contributed by atoms with E-state index in [1.54, 1.807) is 38.4 Å². The monoisotopic (exact) mass is 814 g/mol. The summed E-state index contributed by atoms with van der Waals surface area (Å²) in [6, 6.07) is 12.3. The number of methoxy groups -OCH3 is 1. The van der Waals surface area contributed by atoms with E-state index in [0.717, 1.165) is 17.5 Å². The molecule has 1 aromatic heterocycles. The molecule has 0 radical (unpaired) electrons. The Morgan fingerprint density at radius 2 is 1.78 bits per heavy atom. The molecule has 3 N–H and O–H groups in total. The SMILES string of the molecule is COc1ccc2c(O[C@@H]3C[C@H]4C(=O)NC5(C(=O)NS(=O)(=O)C6(C)CC6)CC5/C=C\CC[C@@H](C)C[C@@H](C)[C@H](NC(=O)c5ccc(N(C)C)cc5)C(=O)N4C3)nccc2c1. The second-order valence-electron chi connectivity index (χ2n) is 17.1. The van der Waals surface area contributed by atoms with Gasteiger partial charge in [-0.1, -0.05) is 26.0 Å². The van der Waals surface area contributed by atoms with Gasteiger partial charge in [-0.05, 0) is 111 Å². The van der Waals surface area contributed by atoms with Crippen molar-refractivity contribution in [3.8, 4) is 11.6 Å². The molecule has 58 heavy (non-hydrogen) atoms. The van der Waals surface area contributed by atoms with Gasteiger partial charge in [0.05, 0.1) is 18.4 Å². The lowest BCUT2D eigenvalue weighted by molar-refractivity contribution is -0.142. The van der Waals surface area contributed by atoms with E-state index in [4.69, 9.17) is 9.47 Å². The number of rotatable bonds is 9. The van der Waals surface area contributed by atoms with Crippen LogP contribution in [-0.2, 0) is 24.4 Å². The van der Waals surface area contributed by atoms with Gasteiger partial charge in [-0.25, -0.2) is 13.4 Å². The van der Waals surface area contributed by atoms with Gasteiger partial charge in [-0.2, -0.15) is 0 Å². The zero-order chi connectivity index (χ0) is 41.6. The first-order chi connectivity index (χ1) is 27.5. The summed E-state index contributed by atoms with van der Waals surface area (Å²) in [7, 11) is 1.40. The largest absolute Gasteiger partial charge is 0.497 e. The molecule has 4 aliphatic rings. The van der Waals surface area contributed by atoms with Crippen molar-refractivity contribution in [2.75, 3.05) is 32.6 Å². The maximum atomic E-state index is 15.0. The summed E-state index contributed by atoms with van der Waals surface area (Å²) in [4.78, 5) is 65.3. The molecule has 310 valence electrons. The smallest absolute Gasteiger partial charge is 0.259 e. The zero-order valence-electron chi connectivity index (χ0n) is 34.0. The molecule has 7 rings (SSSR count). The highest BCUT2D eigenvalue weighted by atomic mass is 32.2. The standard InChI is InChI=1S/C43H54N6O8S/c1-26-9-7-8-10-30-24-43(30,41(53)47-58(54,55)42(3)18-19-42)46-38(51)35-23-33(57-39-34-16-15-32(56-6)22-29(34)17-20-44-39)25-49(35)40(52)36(27(2)21-26)45-37(50)28-11-13-31(14-12-28)48(4)5/h8,10-17,20,22,26-27,30,33,35-36H,7,9,18-19,21,23-25H2,1-6H3,(H,45,50)(H,46,51)(H,47,53)/b10-8-/t26-,27-,30?,33-,35+,36+,43?/m1/s1. The molecular formula is C43H54N6O8S. The molecule has 2 aliphatic carbocycles. The van der Waals surface area contributed by atoms with E-state index in [9.17, 15) is 27.6 Å². The lowest BCUT2D eigenvalue weighted by atomic mass is 9.87. The maximum absolute atomic E-state index is 15.0. The third kappa shape index (κ3) is 8.23. The van der Waals surface area contributed by atoms with Crippen LogP contribution >= 0.6 is 0 Å². The molecule has 3 aromatic rings. The number of pyridine rings is 1. The van der Waals surface area contributed by atoms with Crippen LogP contribution < -0.4 is 29.7 Å². The molecule has 2 saturated carbocycles. The highest BCUT2D eigenvalue weighted by molar-refractivity contribution is 7.91. The van der Waals surface area contributed by atoms with Crippen molar-refractivity contribution in [3.05, 3.63) is 72.4 Å². The van der Waals surface area contributed by atoms with Crippen molar-refractivity contribution in [3.63, 3.8) is 0 Å². The summed E-state index contributed by atoms with van der Waals surface area (Å²) >= 11 is 0. The Morgan fingerprint density at radius 3 is 2.47 bits per heavy atom. The molecule has 0 spiro atoms. The lowest BCUT2D eigenvalue weighted by Gasteiger charge is -2.33. The van der Waals surface area contributed by atoms with E-state index in [-0.39, 0.29) is 31.2 Å². The minimum absolute atomic E-state index is 0.00736. The topological polar surface area (TPSA) is 176 Å². The van der Waals surface area contributed by atoms with Crippen LogP contribution in [0.2, 0.25) is 0 Å². The molecule has 2 aliphatic heterocycles. The zero-order valence-corrected chi connectivity index (χ0v) is 34.8. The van der Waals surface area contributed by atoms with Crippen LogP contribution in [0, 0.1) is 17.8 Å². The number of anilines is 1. The van der Waals surface area contributed by atoms with Crippen LogP contribution in [0.1, 0.15) is 76.1 Å². The van der Waals surface area contributed by atoms with Gasteiger partial charge in [0.1, 0.15) is 29.5 Å². The van der Waals surface area contributed by atoms with Crippen molar-refractivity contribution >= 4 is 50.1 Å². The number of fused-ring (bicyclic) bond motifs is 3. The molecular weight excluding hydrogens is 761 g/mol. The van der Waals surface area contributed by atoms with Gasteiger partial charge < -0.3 is 29.9 Å². The van der Waals surface area contributed by atoms with Gasteiger partial charge in [0.2, 0.25) is 27.7 Å². The van der Waals surface area contributed by atoms with Crippen molar-refractivity contribution < 1.29 is 37.1 Å². The number of ether oxygens (including phenoxy) is 2. The average Bonchev–Trinajstić information content (AvgIpc) is 4.08. The predicted molar refractivity (Wildman–Crippen MR) is 220 cm³/mol. The van der Waals surface area contributed by atoms with E-state index < -0.39 is 68.0 Å². The number of allylic oxidation sites excluding steroid dienone is 1. The number of hydrogen-bond acceptors (Lipinski definition) is 10. The van der Waals surface area contributed by atoms with Crippen LogP contribution in [0.3, 0.4) is 0 Å². The summed E-state index contributed by atoms with van der Waals surface area (Å²) in [6.07, 6.45) is 7.98. The van der Waals surface area contributed by atoms with Gasteiger partial charge in [0.15, 0.2) is 0 Å². The summed E-state index contributed by atoms with van der Waals surface area (Å²) < 4.78 is 39.6. The number of aromatic nitrogens is 1. The molecule has 14 nitrogen and oxygen atoms in total. The molecule has 2 unspecified atom stereocenters. The molecule has 15 heteroatoms. The Hall–Kier alpha value is -5.18. The first-order valence-electron chi connectivity index (χ1n) is 20.1. The molecule has 0 bridgehead atoms. The number of hydrogen-bond donors (Lipinski definition) is 3. The average molecular weight is 815 g/mol. The van der Waals surface area contributed by atoms with E-state index in [2.05, 4.69) is 27.3 Å². The second-order valence-corrected chi connectivity index (χ2v) is 19.3. The molecule has 2 aromatic carbocycles. The number of nitrogens with one attached hydrogen (secondary N) is 3. The number of amides is 4. The fourth-order valence-corrected chi connectivity index (χ4v) is 9.55. The van der Waals surface area contributed by atoms with E-state index in [1.807, 2.05) is 68.4 Å². The number of nitrogens with zero attached hydrogens (tertiary/aromatic N) is 3. The Kier molecular flexibility index (Phi) is 11.2. The Morgan fingerprint density at radius 1 is 1.03 bits per heavy atom. The van der Waals surface area contributed by atoms with Crippen LogP contribution in [0.15, 0.2) is 66.9 Å². The van der Waals surface area contributed by atoms with Crippen molar-refractivity contribution in [1.82, 2.24) is 25.2 Å². The van der Waals surface area contributed by atoms with E-state index in [0.29, 0.717) is 48.3 Å². The first kappa shape index (κ1) is 41.0. The number of sulfonamides is 1. The van der Waals surface area contributed by atoms with Crippen molar-refractivity contribution in [2.24, 2.45) is 17.8 Å². The van der Waals surface area contributed by atoms with Crippen LogP contribution in [0.5, 0.6) is 11.6 Å². The third-order valence-electron chi connectivity index (χ3n) is 12.4. The van der Waals surface area contributed by atoms with Gasteiger partial charge in [0, 0.05) is 49.3 Å². The summed E-state index contributed by atoms with van der Waals surface area (Å²) in [5.41, 5.74) is -0.224. The highest BCUT2D eigenvalue weighted by Gasteiger charge is 2.63. The molecule has 3 heterocycles. The Bertz CT molecular complexity index is 2220. The van der Waals surface area contributed by atoms with Gasteiger partial charge >= 0.3 is 0 Å². The van der Waals surface area contributed by atoms with E-state index >= 15 is 0 Å². The van der Waals surface area contributed by atoms with Crippen molar-refractivity contribution in [1.29, 1.82) is 0 Å². The second kappa shape index (κ2) is 15.9. The fourth-order valence-electron chi connectivity index (χ4n) is 8.24. The fraction of sp³-hybridized carbons (Fsp3) is 0.512. The molecule has 7 atom stereocenters. The molecule has 3 fully saturated rings. The minimum atomic E-state index is -4.00. The van der Waals surface area contributed by atoms with Crippen molar-refractivity contribution in [2.45, 2.75) is 94.2 Å². The minimum Gasteiger partial charge on any atom is -0.497 e. The quantitative estimate of drug-likeness (QED) is 0.264. The first-order valence-corrected chi connectivity index (χ1v) is 21.6. The lowest BCUT2D eigenvalue weighted by Crippen LogP contribution is -2.59. The summed E-state index contributed by atoms with van der Waals surface area (Å²) in [6.45, 7) is 5.63. The van der Waals surface area contributed by atoms with Gasteiger partial charge in [-0.15, -0.1) is 0 Å². The molecule has 1 saturated heterocycles. The maximum Gasteiger partial charge on any atom is 0.259 e. The highest BCUT2D eigenvalue weighted by Crippen LogP contribution is 2.47. The normalized spacial score (nSPS) is 28.8. The number of carbonyl (C=O) groups excluding carboxylic acids is 4. The van der Waals surface area contributed by atoms with Gasteiger partial charge in [-0.3, -0.25) is 23.9 Å². The van der Waals surface area contributed by atoms with Crippen LogP contribution in [-0.4, -0.2) is 98.2 Å². The molecule has 4 amide bonds. The van der Waals surface area contributed by atoms with E-state index in [1.165, 1.54) is 4.90 Å². The number of benzene rings is 2. The van der Waals surface area contributed by atoms with Crippen LogP contribution in [0.25, 0.3) is 10.8 Å². The Balaban J connectivity index is 1.23. The third-order valence-corrected chi connectivity index (χ3v) is 14.6. The van der Waals surface area contributed by atoms with Gasteiger partial charge in [0.25, 0.3) is 11.8 Å². The summed E-state index contributed by atoms with van der Waals surface area (Å²) in [5.74, 6) is -1.91. The Labute approximate surface area is 340 Å². The number of carbonyl (C=O) groups is 4. The summed E-state index contributed by atoms with van der Waals surface area (Å²) in [5, 5.41) is 7.49. The predicted octanol–water partition coefficient (Wildman–Crippen LogP) is 4.34. The van der Waals surface area contributed by atoms with Crippen LogP contribution in [0.4, 0.5) is 5.69 Å².